The molecule has 0 spiro atoms. The second kappa shape index (κ2) is 12.1. The van der Waals surface area contributed by atoms with E-state index in [9.17, 15) is 14.4 Å². The fraction of sp³-hybridized carbons (Fsp3) is 0.148. The highest BCUT2D eigenvalue weighted by Gasteiger charge is 2.35. The minimum atomic E-state index is -0.418. The smallest absolute Gasteiger partial charge is 0.293 e. The summed E-state index contributed by atoms with van der Waals surface area (Å²) >= 11 is 18.9. The molecule has 3 aromatic carbocycles. The van der Waals surface area contributed by atoms with Gasteiger partial charge in [0.1, 0.15) is 0 Å². The monoisotopic (exact) mass is 590 g/mol. The van der Waals surface area contributed by atoms with Crippen molar-refractivity contribution in [2.24, 2.45) is 0 Å². The van der Waals surface area contributed by atoms with E-state index in [4.69, 9.17) is 44.3 Å². The van der Waals surface area contributed by atoms with Crippen molar-refractivity contribution in [1.82, 2.24) is 4.90 Å². The molecule has 1 heterocycles. The fourth-order valence-electron chi connectivity index (χ4n) is 3.51. The van der Waals surface area contributed by atoms with Gasteiger partial charge in [0.05, 0.1) is 28.6 Å². The van der Waals surface area contributed by atoms with Gasteiger partial charge in [0.2, 0.25) is 0 Å². The van der Waals surface area contributed by atoms with Crippen molar-refractivity contribution in [3.63, 3.8) is 0 Å². The highest BCUT2D eigenvalue weighted by atomic mass is 35.5. The Balaban J connectivity index is 1.42. The molecule has 4 rings (SSSR count). The molecule has 0 bridgehead atoms. The lowest BCUT2D eigenvalue weighted by atomic mass is 10.1. The van der Waals surface area contributed by atoms with E-state index < -0.39 is 5.91 Å². The number of thioether (sulfide) groups is 1. The molecule has 1 N–H and O–H groups in total. The number of amides is 3. The Bertz CT molecular complexity index is 1460. The first-order chi connectivity index (χ1) is 18.1. The fourth-order valence-corrected chi connectivity index (χ4v) is 4.85. The number of nitrogens with zero attached hydrogens (tertiary/aromatic N) is 1. The number of carbonyl (C=O) groups excluding carboxylic acids is 3. The van der Waals surface area contributed by atoms with Crippen molar-refractivity contribution in [3.05, 3.63) is 91.3 Å². The molecule has 0 radical (unpaired) electrons. The number of hydrogen-bond acceptors (Lipinski definition) is 6. The second-order valence-corrected chi connectivity index (χ2v) is 10.4. The van der Waals surface area contributed by atoms with Gasteiger partial charge in [-0.2, -0.15) is 0 Å². The van der Waals surface area contributed by atoms with Crippen LogP contribution in [0.3, 0.4) is 0 Å². The maximum Gasteiger partial charge on any atom is 0.293 e. The number of aryl methyl sites for hydroxylation is 1. The summed E-state index contributed by atoms with van der Waals surface area (Å²) in [5.74, 6) is -0.0839. The molecule has 1 saturated heterocycles. The van der Waals surface area contributed by atoms with Gasteiger partial charge in [-0.05, 0) is 77.9 Å². The summed E-state index contributed by atoms with van der Waals surface area (Å²) < 4.78 is 11.0. The Hall–Kier alpha value is -3.17. The number of hydrogen-bond donors (Lipinski definition) is 1. The molecule has 11 heteroatoms. The van der Waals surface area contributed by atoms with E-state index in [0.717, 1.165) is 22.2 Å². The number of nitrogens with one attached hydrogen (secondary N) is 1. The Morgan fingerprint density at radius 2 is 1.76 bits per heavy atom. The molecule has 3 amide bonds. The Morgan fingerprint density at radius 1 is 0.974 bits per heavy atom. The molecular weight excluding hydrogens is 571 g/mol. The number of benzene rings is 3. The molecule has 0 unspecified atom stereocenters. The number of ether oxygens (including phenoxy) is 2. The molecule has 1 aliphatic heterocycles. The third kappa shape index (κ3) is 6.63. The molecule has 0 saturated carbocycles. The van der Waals surface area contributed by atoms with E-state index in [1.807, 2.05) is 13.0 Å². The maximum absolute atomic E-state index is 12.9. The van der Waals surface area contributed by atoms with Crippen LogP contribution < -0.4 is 14.8 Å². The first kappa shape index (κ1) is 27.9. The highest BCUT2D eigenvalue weighted by molar-refractivity contribution is 8.18. The van der Waals surface area contributed by atoms with Crippen molar-refractivity contribution in [3.8, 4) is 11.5 Å². The lowest BCUT2D eigenvalue weighted by Gasteiger charge is -2.13. The normalized spacial score (nSPS) is 14.2. The molecule has 196 valence electrons. The number of imide groups is 1. The average molecular weight is 592 g/mol. The minimum Gasteiger partial charge on any atom is -0.493 e. The quantitative estimate of drug-likeness (QED) is 0.279. The summed E-state index contributed by atoms with van der Waals surface area (Å²) in [6, 6.07) is 15.1. The number of halogens is 3. The first-order valence-electron chi connectivity index (χ1n) is 11.2. The minimum absolute atomic E-state index is 0.0753. The van der Waals surface area contributed by atoms with Crippen LogP contribution in [0.5, 0.6) is 11.5 Å². The summed E-state index contributed by atoms with van der Waals surface area (Å²) in [5, 5.41) is 3.62. The average Bonchev–Trinajstić information content (AvgIpc) is 3.14. The van der Waals surface area contributed by atoms with Crippen molar-refractivity contribution in [2.75, 3.05) is 19.0 Å². The van der Waals surface area contributed by atoms with Crippen molar-refractivity contribution >= 4 is 75.4 Å². The molecule has 1 aliphatic rings. The van der Waals surface area contributed by atoms with Crippen molar-refractivity contribution in [2.45, 2.75) is 13.5 Å². The standard InChI is InChI=1S/C27H21Cl3N2O5S/c1-15-3-6-18(12-20(15)29)31-25(33)14-37-22-8-5-16(10-23(22)36-2)11-24-26(34)32(27(35)38-24)13-17-4-7-19(28)21(30)9-17/h3-12H,13-14H2,1-2H3,(H,31,33)/b24-11-. The number of anilines is 1. The lowest BCUT2D eigenvalue weighted by Crippen LogP contribution is -2.27. The molecule has 38 heavy (non-hydrogen) atoms. The van der Waals surface area contributed by atoms with Crippen LogP contribution in [0, 0.1) is 6.92 Å². The summed E-state index contributed by atoms with van der Waals surface area (Å²) in [4.78, 5) is 39.2. The third-order valence-corrected chi connectivity index (χ3v) is 7.55. The van der Waals surface area contributed by atoms with Crippen LogP contribution in [-0.2, 0) is 16.1 Å². The number of carbonyl (C=O) groups is 3. The Labute approximate surface area is 238 Å². The molecule has 3 aromatic rings. The van der Waals surface area contributed by atoms with Gasteiger partial charge < -0.3 is 14.8 Å². The largest absolute Gasteiger partial charge is 0.493 e. The van der Waals surface area contributed by atoms with Gasteiger partial charge in [0, 0.05) is 10.7 Å². The van der Waals surface area contributed by atoms with Gasteiger partial charge in [-0.25, -0.2) is 0 Å². The van der Waals surface area contributed by atoms with Crippen LogP contribution >= 0.6 is 46.6 Å². The zero-order valence-electron chi connectivity index (χ0n) is 20.2. The number of rotatable bonds is 8. The zero-order chi connectivity index (χ0) is 27.4. The predicted molar refractivity (Wildman–Crippen MR) is 151 cm³/mol. The van der Waals surface area contributed by atoms with Gasteiger partial charge in [-0.3, -0.25) is 19.3 Å². The topological polar surface area (TPSA) is 84.9 Å². The maximum atomic E-state index is 12.9. The van der Waals surface area contributed by atoms with Gasteiger partial charge in [0.25, 0.3) is 17.1 Å². The van der Waals surface area contributed by atoms with E-state index in [1.165, 1.54) is 7.11 Å². The lowest BCUT2D eigenvalue weighted by molar-refractivity contribution is -0.123. The van der Waals surface area contributed by atoms with Crippen molar-refractivity contribution in [1.29, 1.82) is 0 Å². The molecule has 7 nitrogen and oxygen atoms in total. The van der Waals surface area contributed by atoms with E-state index in [1.54, 1.807) is 54.6 Å². The van der Waals surface area contributed by atoms with Crippen LogP contribution in [0.2, 0.25) is 15.1 Å². The van der Waals surface area contributed by atoms with Crippen LogP contribution in [-0.4, -0.2) is 35.7 Å². The second-order valence-electron chi connectivity index (χ2n) is 8.23. The van der Waals surface area contributed by atoms with Crippen LogP contribution in [0.15, 0.2) is 59.5 Å². The molecule has 0 aromatic heterocycles. The molecule has 0 atom stereocenters. The van der Waals surface area contributed by atoms with Gasteiger partial charge in [0.15, 0.2) is 18.1 Å². The summed E-state index contributed by atoms with van der Waals surface area (Å²) in [6.07, 6.45) is 1.60. The Morgan fingerprint density at radius 3 is 2.47 bits per heavy atom. The highest BCUT2D eigenvalue weighted by Crippen LogP contribution is 2.36. The van der Waals surface area contributed by atoms with Gasteiger partial charge in [-0.15, -0.1) is 0 Å². The SMILES string of the molecule is COc1cc(/C=C2\SC(=O)N(Cc3ccc(Cl)c(Cl)c3)C2=O)ccc1OCC(=O)Nc1ccc(C)c(Cl)c1. The van der Waals surface area contributed by atoms with Gasteiger partial charge in [-0.1, -0.05) is 53.0 Å². The van der Waals surface area contributed by atoms with Crippen LogP contribution in [0.25, 0.3) is 6.08 Å². The van der Waals surface area contributed by atoms with Crippen LogP contribution in [0.4, 0.5) is 10.5 Å². The van der Waals surface area contributed by atoms with E-state index in [-0.39, 0.29) is 29.2 Å². The number of methoxy groups -OCH3 is 1. The summed E-state index contributed by atoms with van der Waals surface area (Å²) in [5.41, 5.74) is 2.76. The molecule has 0 aliphatic carbocycles. The predicted octanol–water partition coefficient (Wildman–Crippen LogP) is 7.22. The van der Waals surface area contributed by atoms with Crippen molar-refractivity contribution < 1.29 is 23.9 Å². The summed E-state index contributed by atoms with van der Waals surface area (Å²) in [6.45, 7) is 1.69. The first-order valence-corrected chi connectivity index (χ1v) is 13.2. The van der Waals surface area contributed by atoms with E-state index >= 15 is 0 Å². The third-order valence-electron chi connectivity index (χ3n) is 5.50. The zero-order valence-corrected chi connectivity index (χ0v) is 23.3. The summed E-state index contributed by atoms with van der Waals surface area (Å²) in [7, 11) is 1.46. The molecular formula is C27H21Cl3N2O5S. The van der Waals surface area contributed by atoms with Crippen LogP contribution in [0.1, 0.15) is 16.7 Å². The van der Waals surface area contributed by atoms with E-state index in [2.05, 4.69) is 5.32 Å². The Kier molecular flexibility index (Phi) is 8.89. The molecule has 1 fully saturated rings. The van der Waals surface area contributed by atoms with Gasteiger partial charge >= 0.3 is 0 Å². The van der Waals surface area contributed by atoms with E-state index in [0.29, 0.717) is 43.4 Å².